The standard InChI is InChI=1S/C13H11NO6/c1-19-12(15)5-3-4-9-6-7-10(13(16)20-2)8-11(9)14(17)18/h6-8H,5H2,1-2H3. The van der Waals surface area contributed by atoms with Crippen LogP contribution in [0, 0.1) is 22.0 Å². The molecule has 1 aromatic rings. The predicted molar refractivity (Wildman–Crippen MR) is 67.9 cm³/mol. The first-order valence-electron chi connectivity index (χ1n) is 5.42. The van der Waals surface area contributed by atoms with Crippen molar-refractivity contribution in [1.29, 1.82) is 0 Å². The topological polar surface area (TPSA) is 95.7 Å². The zero-order valence-corrected chi connectivity index (χ0v) is 10.8. The molecule has 0 bridgehead atoms. The first-order valence-corrected chi connectivity index (χ1v) is 5.42. The van der Waals surface area contributed by atoms with Crippen LogP contribution in [0.5, 0.6) is 0 Å². The van der Waals surface area contributed by atoms with E-state index in [-0.39, 0.29) is 23.2 Å². The van der Waals surface area contributed by atoms with Crippen LogP contribution in [-0.4, -0.2) is 31.1 Å². The quantitative estimate of drug-likeness (QED) is 0.357. The summed E-state index contributed by atoms with van der Waals surface area (Å²) in [7, 11) is 2.40. The Morgan fingerprint density at radius 3 is 2.55 bits per heavy atom. The molecule has 1 aromatic carbocycles. The van der Waals surface area contributed by atoms with Crippen LogP contribution in [0.15, 0.2) is 18.2 Å². The lowest BCUT2D eigenvalue weighted by Gasteiger charge is -2.00. The molecule has 0 saturated heterocycles. The van der Waals surface area contributed by atoms with Crippen LogP contribution in [0.2, 0.25) is 0 Å². The van der Waals surface area contributed by atoms with Crippen molar-refractivity contribution in [3.8, 4) is 11.8 Å². The lowest BCUT2D eigenvalue weighted by molar-refractivity contribution is -0.385. The molecule has 0 fully saturated rings. The van der Waals surface area contributed by atoms with Crippen LogP contribution in [0.1, 0.15) is 22.3 Å². The normalized spacial score (nSPS) is 9.10. The second-order valence-corrected chi connectivity index (χ2v) is 3.54. The van der Waals surface area contributed by atoms with Crippen molar-refractivity contribution in [1.82, 2.24) is 0 Å². The van der Waals surface area contributed by atoms with Gasteiger partial charge in [0.1, 0.15) is 12.0 Å². The number of rotatable bonds is 3. The molecule has 0 aliphatic carbocycles. The van der Waals surface area contributed by atoms with E-state index in [1.165, 1.54) is 26.4 Å². The van der Waals surface area contributed by atoms with Gasteiger partial charge in [-0.2, -0.15) is 0 Å². The fraction of sp³-hybridized carbons (Fsp3) is 0.231. The Labute approximate surface area is 114 Å². The minimum atomic E-state index is -0.679. The number of carbonyl (C=O) groups excluding carboxylic acids is 2. The van der Waals surface area contributed by atoms with Gasteiger partial charge in [-0.05, 0) is 12.1 Å². The summed E-state index contributed by atoms with van der Waals surface area (Å²) in [6, 6.07) is 3.77. The number of esters is 2. The van der Waals surface area contributed by atoms with E-state index in [2.05, 4.69) is 21.3 Å². The SMILES string of the molecule is COC(=O)CC#Cc1ccc(C(=O)OC)cc1[N+](=O)[O-]. The molecule has 0 spiro atoms. The summed E-state index contributed by atoms with van der Waals surface area (Å²) in [5.41, 5.74) is -0.172. The van der Waals surface area contributed by atoms with Gasteiger partial charge in [0, 0.05) is 6.07 Å². The monoisotopic (exact) mass is 277 g/mol. The second kappa shape index (κ2) is 6.89. The van der Waals surface area contributed by atoms with E-state index < -0.39 is 16.9 Å². The molecule has 7 nitrogen and oxygen atoms in total. The third-order valence-electron chi connectivity index (χ3n) is 2.30. The predicted octanol–water partition coefficient (Wildman–Crippen LogP) is 1.30. The van der Waals surface area contributed by atoms with Crippen molar-refractivity contribution in [3.63, 3.8) is 0 Å². The molecular weight excluding hydrogens is 266 g/mol. The molecule has 0 aromatic heterocycles. The highest BCUT2D eigenvalue weighted by atomic mass is 16.6. The average molecular weight is 277 g/mol. The molecule has 0 unspecified atom stereocenters. The van der Waals surface area contributed by atoms with E-state index in [9.17, 15) is 19.7 Å². The van der Waals surface area contributed by atoms with Crippen LogP contribution in [0.25, 0.3) is 0 Å². The van der Waals surface area contributed by atoms with Crippen molar-refractivity contribution in [3.05, 3.63) is 39.4 Å². The number of benzene rings is 1. The largest absolute Gasteiger partial charge is 0.468 e. The number of nitro benzene ring substituents is 1. The van der Waals surface area contributed by atoms with Crippen LogP contribution < -0.4 is 0 Å². The molecule has 0 radical (unpaired) electrons. The van der Waals surface area contributed by atoms with Gasteiger partial charge in [-0.25, -0.2) is 4.79 Å². The van der Waals surface area contributed by atoms with E-state index in [0.717, 1.165) is 6.07 Å². The van der Waals surface area contributed by atoms with E-state index in [0.29, 0.717) is 0 Å². The van der Waals surface area contributed by atoms with Gasteiger partial charge < -0.3 is 9.47 Å². The highest BCUT2D eigenvalue weighted by Gasteiger charge is 2.16. The molecule has 0 N–H and O–H groups in total. The number of nitro groups is 1. The number of ether oxygens (including phenoxy) is 2. The zero-order valence-electron chi connectivity index (χ0n) is 10.8. The molecule has 20 heavy (non-hydrogen) atoms. The van der Waals surface area contributed by atoms with Gasteiger partial charge in [0.2, 0.25) is 0 Å². The summed E-state index contributed by atoms with van der Waals surface area (Å²) < 4.78 is 8.87. The smallest absolute Gasteiger partial charge is 0.338 e. The Morgan fingerprint density at radius 1 is 1.30 bits per heavy atom. The average Bonchev–Trinajstić information content (AvgIpc) is 2.46. The van der Waals surface area contributed by atoms with E-state index in [1.807, 2.05) is 0 Å². The zero-order chi connectivity index (χ0) is 15.1. The third kappa shape index (κ3) is 3.81. The van der Waals surface area contributed by atoms with Crippen molar-refractivity contribution in [2.24, 2.45) is 0 Å². The summed E-state index contributed by atoms with van der Waals surface area (Å²) in [6.07, 6.45) is -0.174. The molecule has 0 saturated carbocycles. The lowest BCUT2D eigenvalue weighted by atomic mass is 10.1. The molecule has 0 amide bonds. The summed E-state index contributed by atoms with van der Waals surface area (Å²) in [5.74, 6) is 3.75. The minimum Gasteiger partial charge on any atom is -0.468 e. The Kier molecular flexibility index (Phi) is 5.23. The van der Waals surface area contributed by atoms with Gasteiger partial charge in [-0.15, -0.1) is 0 Å². The Hall–Kier alpha value is -2.88. The third-order valence-corrected chi connectivity index (χ3v) is 2.30. The van der Waals surface area contributed by atoms with Gasteiger partial charge in [0.05, 0.1) is 24.7 Å². The van der Waals surface area contributed by atoms with Gasteiger partial charge in [0.25, 0.3) is 5.69 Å². The van der Waals surface area contributed by atoms with Crippen molar-refractivity contribution in [2.75, 3.05) is 14.2 Å². The number of nitrogens with zero attached hydrogens (tertiary/aromatic N) is 1. The van der Waals surface area contributed by atoms with Gasteiger partial charge in [-0.3, -0.25) is 14.9 Å². The first-order chi connectivity index (χ1) is 9.49. The second-order valence-electron chi connectivity index (χ2n) is 3.54. The van der Waals surface area contributed by atoms with Gasteiger partial charge >= 0.3 is 11.9 Å². The molecule has 0 heterocycles. The number of hydrogen-bond donors (Lipinski definition) is 0. The fourth-order valence-corrected chi connectivity index (χ4v) is 1.32. The van der Waals surface area contributed by atoms with Crippen LogP contribution >= 0.6 is 0 Å². The van der Waals surface area contributed by atoms with Crippen molar-refractivity contribution >= 4 is 17.6 Å². The molecule has 0 aliphatic rings. The highest BCUT2D eigenvalue weighted by molar-refractivity contribution is 5.90. The van der Waals surface area contributed by atoms with Crippen LogP contribution in [0.3, 0.4) is 0 Å². The summed E-state index contributed by atoms with van der Waals surface area (Å²) in [6.45, 7) is 0. The Balaban J connectivity index is 3.11. The summed E-state index contributed by atoms with van der Waals surface area (Å²) in [4.78, 5) is 32.5. The first kappa shape index (κ1) is 15.2. The maximum atomic E-state index is 11.3. The fourth-order valence-electron chi connectivity index (χ4n) is 1.32. The van der Waals surface area contributed by atoms with Crippen molar-refractivity contribution < 1.29 is 24.0 Å². The lowest BCUT2D eigenvalue weighted by Crippen LogP contribution is -2.03. The Morgan fingerprint density at radius 2 is 2.00 bits per heavy atom. The van der Waals surface area contributed by atoms with Gasteiger partial charge in [0.15, 0.2) is 0 Å². The van der Waals surface area contributed by atoms with E-state index in [1.54, 1.807) is 0 Å². The summed E-state index contributed by atoms with van der Waals surface area (Å²) in [5, 5.41) is 10.9. The maximum Gasteiger partial charge on any atom is 0.338 e. The highest BCUT2D eigenvalue weighted by Crippen LogP contribution is 2.20. The molecule has 1 rings (SSSR count). The Bertz CT molecular complexity index is 611. The van der Waals surface area contributed by atoms with Crippen LogP contribution in [0.4, 0.5) is 5.69 Å². The molecule has 0 atom stereocenters. The number of methoxy groups -OCH3 is 2. The van der Waals surface area contributed by atoms with Crippen molar-refractivity contribution in [2.45, 2.75) is 6.42 Å². The summed E-state index contributed by atoms with van der Waals surface area (Å²) >= 11 is 0. The molecular formula is C13H11NO6. The minimum absolute atomic E-state index is 0.0534. The van der Waals surface area contributed by atoms with E-state index in [4.69, 9.17) is 0 Å². The van der Waals surface area contributed by atoms with Crippen LogP contribution in [-0.2, 0) is 14.3 Å². The number of carbonyl (C=O) groups is 2. The van der Waals surface area contributed by atoms with E-state index >= 15 is 0 Å². The maximum absolute atomic E-state index is 11.3. The molecule has 104 valence electrons. The number of hydrogen-bond acceptors (Lipinski definition) is 6. The van der Waals surface area contributed by atoms with Gasteiger partial charge in [-0.1, -0.05) is 11.8 Å². The molecule has 0 aliphatic heterocycles. The molecule has 7 heteroatoms.